The average molecular weight is 287 g/mol. The molecule has 3 N–H and O–H groups in total. The molecule has 1 heterocycles. The van der Waals surface area contributed by atoms with Crippen molar-refractivity contribution >= 4 is 28.5 Å². The Morgan fingerprint density at radius 3 is 2.50 bits per heavy atom. The Kier molecular flexibility index (Phi) is 3.37. The van der Waals surface area contributed by atoms with Crippen LogP contribution in [0.2, 0.25) is 5.02 Å². The second kappa shape index (κ2) is 5.32. The molecule has 0 aliphatic carbocycles. The number of nitrogen functional groups attached to an aromatic ring is 1. The fourth-order valence-corrected chi connectivity index (χ4v) is 1.93. The van der Waals surface area contributed by atoms with Gasteiger partial charge in [0, 0.05) is 5.02 Å². The molecule has 0 saturated heterocycles. The molecule has 20 heavy (non-hydrogen) atoms. The molecule has 0 atom stereocenters. The predicted molar refractivity (Wildman–Crippen MR) is 78.9 cm³/mol. The fourth-order valence-electron chi connectivity index (χ4n) is 1.80. The molecule has 0 aliphatic heterocycles. The first kappa shape index (κ1) is 12.7. The Balaban J connectivity index is 2.07. The maximum Gasteiger partial charge on any atom is 0.241 e. The molecule has 0 spiro atoms. The second-order valence-corrected chi connectivity index (χ2v) is 4.51. The van der Waals surface area contributed by atoms with Gasteiger partial charge in [-0.15, -0.1) is 0 Å². The number of halogens is 1. The molecule has 6 heteroatoms. The highest BCUT2D eigenvalue weighted by atomic mass is 35.5. The highest BCUT2D eigenvalue weighted by Crippen LogP contribution is 2.28. The lowest BCUT2D eigenvalue weighted by Crippen LogP contribution is -2.11. The highest BCUT2D eigenvalue weighted by molar-refractivity contribution is 6.30. The lowest BCUT2D eigenvalue weighted by Gasteiger charge is -2.09. The zero-order valence-corrected chi connectivity index (χ0v) is 11.1. The third-order valence-corrected chi connectivity index (χ3v) is 2.98. The van der Waals surface area contributed by atoms with Crippen molar-refractivity contribution in [3.63, 3.8) is 0 Å². The first-order valence-corrected chi connectivity index (χ1v) is 6.31. The summed E-state index contributed by atoms with van der Waals surface area (Å²) in [7, 11) is 0. The van der Waals surface area contributed by atoms with Crippen molar-refractivity contribution in [1.82, 2.24) is 9.97 Å². The highest BCUT2D eigenvalue weighted by Gasteiger charge is 2.09. The molecule has 100 valence electrons. The monoisotopic (exact) mass is 286 g/mol. The summed E-state index contributed by atoms with van der Waals surface area (Å²) in [6.07, 6.45) is 0. The summed E-state index contributed by atoms with van der Waals surface area (Å²) in [6.45, 7) is 0. The Morgan fingerprint density at radius 2 is 1.75 bits per heavy atom. The average Bonchev–Trinajstić information content (AvgIpc) is 2.49. The Morgan fingerprint density at radius 1 is 1.00 bits per heavy atom. The number of anilines is 1. The van der Waals surface area contributed by atoms with Crippen LogP contribution in [0, 0.1) is 0 Å². The molecule has 0 saturated carbocycles. The van der Waals surface area contributed by atoms with Crippen molar-refractivity contribution in [1.29, 1.82) is 0 Å². The topological polar surface area (TPSA) is 73.1 Å². The van der Waals surface area contributed by atoms with Crippen LogP contribution in [0.15, 0.2) is 48.5 Å². The van der Waals surface area contributed by atoms with Crippen LogP contribution in [0.25, 0.3) is 10.9 Å². The summed E-state index contributed by atoms with van der Waals surface area (Å²) in [6, 6.07) is 14.6. The summed E-state index contributed by atoms with van der Waals surface area (Å²) in [5.41, 5.74) is 3.18. The van der Waals surface area contributed by atoms with E-state index in [1.165, 1.54) is 0 Å². The number of ether oxygens (including phenoxy) is 1. The SMILES string of the molecule is NNc1nc(Oc2ccc(Cl)cc2)c2ccccc2n1. The van der Waals surface area contributed by atoms with Crippen LogP contribution in [0.3, 0.4) is 0 Å². The molecule has 3 rings (SSSR count). The summed E-state index contributed by atoms with van der Waals surface area (Å²) < 4.78 is 5.78. The van der Waals surface area contributed by atoms with E-state index in [-0.39, 0.29) is 0 Å². The molecule has 0 bridgehead atoms. The normalized spacial score (nSPS) is 10.5. The smallest absolute Gasteiger partial charge is 0.241 e. The fraction of sp³-hybridized carbons (Fsp3) is 0. The molecule has 2 aromatic carbocycles. The third-order valence-electron chi connectivity index (χ3n) is 2.73. The minimum absolute atomic E-state index is 0.299. The van der Waals surface area contributed by atoms with Crippen LogP contribution < -0.4 is 16.0 Å². The zero-order valence-electron chi connectivity index (χ0n) is 10.4. The van der Waals surface area contributed by atoms with Gasteiger partial charge >= 0.3 is 0 Å². The molecule has 0 aliphatic rings. The number of nitrogens with zero attached hydrogens (tertiary/aromatic N) is 2. The summed E-state index contributed by atoms with van der Waals surface area (Å²) in [4.78, 5) is 8.50. The third kappa shape index (κ3) is 2.49. The van der Waals surface area contributed by atoms with Crippen molar-refractivity contribution in [3.8, 4) is 11.6 Å². The van der Waals surface area contributed by atoms with Gasteiger partial charge in [-0.3, -0.25) is 5.43 Å². The molecular weight excluding hydrogens is 276 g/mol. The van der Waals surface area contributed by atoms with Crippen LogP contribution in [-0.2, 0) is 0 Å². The van der Waals surface area contributed by atoms with E-state index in [2.05, 4.69) is 15.4 Å². The maximum atomic E-state index is 5.85. The second-order valence-electron chi connectivity index (χ2n) is 4.07. The first-order chi connectivity index (χ1) is 9.76. The van der Waals surface area contributed by atoms with Gasteiger partial charge in [0.15, 0.2) is 0 Å². The van der Waals surface area contributed by atoms with Crippen molar-refractivity contribution in [2.75, 3.05) is 5.43 Å². The molecule has 1 aromatic heterocycles. The van der Waals surface area contributed by atoms with E-state index in [1.54, 1.807) is 24.3 Å². The number of fused-ring (bicyclic) bond motifs is 1. The number of aromatic nitrogens is 2. The van der Waals surface area contributed by atoms with Gasteiger partial charge in [-0.1, -0.05) is 23.7 Å². The molecule has 0 radical (unpaired) electrons. The molecule has 3 aromatic rings. The van der Waals surface area contributed by atoms with Crippen LogP contribution in [0.5, 0.6) is 11.6 Å². The summed E-state index contributed by atoms with van der Waals surface area (Å²) >= 11 is 5.85. The van der Waals surface area contributed by atoms with Crippen molar-refractivity contribution in [2.45, 2.75) is 0 Å². The van der Waals surface area contributed by atoms with Gasteiger partial charge in [-0.2, -0.15) is 4.98 Å². The number of nitrogens with two attached hydrogens (primary N) is 1. The Labute approximate surface area is 120 Å². The van der Waals surface area contributed by atoms with Crippen molar-refractivity contribution < 1.29 is 4.74 Å². The number of para-hydroxylation sites is 1. The Hall–Kier alpha value is -2.37. The largest absolute Gasteiger partial charge is 0.438 e. The van der Waals surface area contributed by atoms with Gasteiger partial charge in [-0.25, -0.2) is 10.8 Å². The van der Waals surface area contributed by atoms with Gasteiger partial charge in [0.2, 0.25) is 11.8 Å². The molecule has 5 nitrogen and oxygen atoms in total. The van der Waals surface area contributed by atoms with Crippen LogP contribution in [-0.4, -0.2) is 9.97 Å². The molecular formula is C14H11ClN4O. The van der Waals surface area contributed by atoms with Crippen LogP contribution >= 0.6 is 11.6 Å². The standard InChI is InChI=1S/C14H11ClN4O/c15-9-5-7-10(8-6-9)20-13-11-3-1-2-4-12(11)17-14(18-13)19-16/h1-8H,16H2,(H,17,18,19). The number of hydrogen-bond acceptors (Lipinski definition) is 5. The molecule has 0 fully saturated rings. The number of benzene rings is 2. The van der Waals surface area contributed by atoms with Crippen molar-refractivity contribution in [2.24, 2.45) is 5.84 Å². The van der Waals surface area contributed by atoms with E-state index in [1.807, 2.05) is 24.3 Å². The first-order valence-electron chi connectivity index (χ1n) is 5.93. The van der Waals surface area contributed by atoms with E-state index >= 15 is 0 Å². The van der Waals surface area contributed by atoms with Crippen molar-refractivity contribution in [3.05, 3.63) is 53.6 Å². The van der Waals surface area contributed by atoms with E-state index < -0.39 is 0 Å². The van der Waals surface area contributed by atoms with E-state index in [0.717, 1.165) is 10.9 Å². The quantitative estimate of drug-likeness (QED) is 0.570. The summed E-state index contributed by atoms with van der Waals surface area (Å²) in [5.74, 6) is 6.75. The van der Waals surface area contributed by atoms with E-state index in [4.69, 9.17) is 22.2 Å². The maximum absolute atomic E-state index is 5.85. The van der Waals surface area contributed by atoms with Gasteiger partial charge in [0.1, 0.15) is 5.75 Å². The number of rotatable bonds is 3. The number of hydrogen-bond donors (Lipinski definition) is 2. The van der Waals surface area contributed by atoms with Gasteiger partial charge < -0.3 is 4.74 Å². The number of nitrogens with one attached hydrogen (secondary N) is 1. The lowest BCUT2D eigenvalue weighted by atomic mass is 10.2. The predicted octanol–water partition coefficient (Wildman–Crippen LogP) is 3.36. The van der Waals surface area contributed by atoms with E-state index in [9.17, 15) is 0 Å². The zero-order chi connectivity index (χ0) is 13.9. The minimum Gasteiger partial charge on any atom is -0.438 e. The molecule has 0 unspecified atom stereocenters. The van der Waals surface area contributed by atoms with E-state index in [0.29, 0.717) is 22.6 Å². The number of hydrazine groups is 1. The van der Waals surface area contributed by atoms with Gasteiger partial charge in [0.05, 0.1) is 10.9 Å². The Bertz CT molecular complexity index is 746. The minimum atomic E-state index is 0.299. The molecule has 0 amide bonds. The van der Waals surface area contributed by atoms with Crippen LogP contribution in [0.1, 0.15) is 0 Å². The van der Waals surface area contributed by atoms with Gasteiger partial charge in [0.25, 0.3) is 0 Å². The lowest BCUT2D eigenvalue weighted by molar-refractivity contribution is 0.469. The van der Waals surface area contributed by atoms with Gasteiger partial charge in [-0.05, 0) is 36.4 Å². The van der Waals surface area contributed by atoms with Crippen LogP contribution in [0.4, 0.5) is 5.95 Å². The summed E-state index contributed by atoms with van der Waals surface area (Å²) in [5, 5.41) is 1.45.